The first-order valence-electron chi connectivity index (χ1n) is 13.5. The molecule has 0 bridgehead atoms. The number of halogens is 2. The molecule has 3 aromatic rings. The largest absolute Gasteiger partial charge is 0.369 e. The topological polar surface area (TPSA) is 86.1 Å². The molecule has 40 heavy (non-hydrogen) atoms. The summed E-state index contributed by atoms with van der Waals surface area (Å²) < 4.78 is 47.3. The average molecular weight is 608 g/mol. The minimum Gasteiger partial charge on any atom is -0.369 e. The number of sulfonamides is 1. The zero-order chi connectivity index (χ0) is 27.7. The number of anilines is 1. The normalized spacial score (nSPS) is 24.4. The molecule has 2 aromatic carbocycles. The Morgan fingerprint density at radius 1 is 1.00 bits per heavy atom. The van der Waals surface area contributed by atoms with Crippen LogP contribution in [0.5, 0.6) is 0 Å². The van der Waals surface area contributed by atoms with E-state index in [1.807, 2.05) is 29.0 Å². The first-order valence-corrected chi connectivity index (χ1v) is 15.7. The van der Waals surface area contributed by atoms with E-state index in [1.54, 1.807) is 29.0 Å². The van der Waals surface area contributed by atoms with E-state index in [-0.39, 0.29) is 11.4 Å². The third-order valence-corrected chi connectivity index (χ3v) is 10.6. The fourth-order valence-electron chi connectivity index (χ4n) is 5.19. The van der Waals surface area contributed by atoms with Crippen molar-refractivity contribution in [2.75, 3.05) is 44.3 Å². The van der Waals surface area contributed by atoms with Crippen LogP contribution in [0.3, 0.4) is 0 Å². The van der Waals surface area contributed by atoms with Crippen molar-refractivity contribution in [2.24, 2.45) is 0 Å². The molecule has 12 heteroatoms. The van der Waals surface area contributed by atoms with E-state index < -0.39 is 15.8 Å². The monoisotopic (exact) mass is 606 g/mol. The summed E-state index contributed by atoms with van der Waals surface area (Å²) in [7, 11) is -3.11. The number of ether oxygens (including phenoxy) is 3. The molecule has 3 aliphatic rings. The van der Waals surface area contributed by atoms with E-state index in [1.165, 1.54) is 0 Å². The minimum atomic E-state index is -3.11. The summed E-state index contributed by atoms with van der Waals surface area (Å²) in [5, 5.41) is 0.859. The van der Waals surface area contributed by atoms with E-state index in [0.29, 0.717) is 68.2 Å². The lowest BCUT2D eigenvalue weighted by Gasteiger charge is -2.41. The van der Waals surface area contributed by atoms with Gasteiger partial charge in [0.1, 0.15) is 6.10 Å². The molecule has 1 aromatic heterocycles. The lowest BCUT2D eigenvalue weighted by molar-refractivity contribution is -0.313. The summed E-state index contributed by atoms with van der Waals surface area (Å²) in [6.07, 6.45) is 6.61. The second-order valence-corrected chi connectivity index (χ2v) is 13.5. The predicted octanol–water partition coefficient (Wildman–Crippen LogP) is 4.29. The fourth-order valence-corrected chi connectivity index (χ4v) is 7.56. The van der Waals surface area contributed by atoms with E-state index >= 15 is 0 Å². The Bertz CT molecular complexity index is 1400. The summed E-state index contributed by atoms with van der Waals surface area (Å²) >= 11 is 12.7. The molecular formula is C28H32Cl2N4O5S. The van der Waals surface area contributed by atoms with E-state index in [4.69, 9.17) is 37.4 Å². The highest BCUT2D eigenvalue weighted by Gasteiger charge is 2.42. The molecule has 1 aliphatic carbocycles. The van der Waals surface area contributed by atoms with Crippen molar-refractivity contribution in [1.29, 1.82) is 0 Å². The molecule has 6 rings (SSSR count). The van der Waals surface area contributed by atoms with Crippen molar-refractivity contribution in [3.05, 3.63) is 82.4 Å². The van der Waals surface area contributed by atoms with Crippen LogP contribution >= 0.6 is 23.2 Å². The van der Waals surface area contributed by atoms with Crippen LogP contribution in [-0.2, 0) is 43.2 Å². The maximum atomic E-state index is 12.5. The number of aromatic nitrogens is 2. The standard InChI is InChI=1S/C28H32Cl2N4O5S/c29-22-3-8-26(27(30)15-22)28(19-32-10-9-31-20-32)38-17-24(18-39-28)37-16-21-1-4-23(5-2-21)33-11-13-34(14-12-33)40(35,36)25-6-7-25/h1-5,8-10,15,20,24-25H,6-7,11-14,16-19H2/t24-,28-. The highest BCUT2D eigenvalue weighted by Crippen LogP contribution is 2.38. The highest BCUT2D eigenvalue weighted by molar-refractivity contribution is 7.90. The molecule has 2 saturated heterocycles. The summed E-state index contributed by atoms with van der Waals surface area (Å²) in [6.45, 7) is 3.92. The summed E-state index contributed by atoms with van der Waals surface area (Å²) in [5.41, 5.74) is 2.82. The molecule has 3 fully saturated rings. The molecule has 0 spiro atoms. The maximum absolute atomic E-state index is 12.5. The van der Waals surface area contributed by atoms with Gasteiger partial charge in [0, 0.05) is 54.8 Å². The predicted molar refractivity (Wildman–Crippen MR) is 153 cm³/mol. The molecular weight excluding hydrogens is 575 g/mol. The first-order chi connectivity index (χ1) is 19.3. The zero-order valence-electron chi connectivity index (χ0n) is 22.0. The quantitative estimate of drug-likeness (QED) is 0.359. The Labute approximate surface area is 244 Å². The molecule has 0 atom stereocenters. The second-order valence-electron chi connectivity index (χ2n) is 10.5. The van der Waals surface area contributed by atoms with Crippen molar-refractivity contribution in [3.8, 4) is 0 Å². The van der Waals surface area contributed by atoms with Gasteiger partial charge in [-0.1, -0.05) is 41.4 Å². The van der Waals surface area contributed by atoms with Crippen molar-refractivity contribution in [3.63, 3.8) is 0 Å². The van der Waals surface area contributed by atoms with Crippen molar-refractivity contribution in [2.45, 2.75) is 43.1 Å². The SMILES string of the molecule is O=S(=O)(C1CC1)N1CCN(c2ccc(CO[C@H]3CO[C@](Cn4ccnc4)(c4ccc(Cl)cc4Cl)OC3)cc2)CC1. The lowest BCUT2D eigenvalue weighted by Crippen LogP contribution is -2.49. The Morgan fingerprint density at radius 2 is 1.73 bits per heavy atom. The van der Waals surface area contributed by atoms with Gasteiger partial charge >= 0.3 is 0 Å². The van der Waals surface area contributed by atoms with Gasteiger partial charge in [-0.2, -0.15) is 4.31 Å². The molecule has 0 unspecified atom stereocenters. The molecule has 1 saturated carbocycles. The lowest BCUT2D eigenvalue weighted by atomic mass is 10.0. The van der Waals surface area contributed by atoms with Gasteiger partial charge < -0.3 is 23.7 Å². The van der Waals surface area contributed by atoms with Gasteiger partial charge in [-0.3, -0.25) is 0 Å². The number of imidazole rings is 1. The van der Waals surface area contributed by atoms with Gasteiger partial charge in [0.05, 0.1) is 43.0 Å². The second kappa shape index (κ2) is 11.6. The third kappa shape index (κ3) is 6.04. The van der Waals surface area contributed by atoms with Crippen LogP contribution in [0.1, 0.15) is 24.0 Å². The average Bonchev–Trinajstić information content (AvgIpc) is 3.71. The molecule has 2 aliphatic heterocycles. The smallest absolute Gasteiger partial charge is 0.217 e. The Morgan fingerprint density at radius 3 is 2.35 bits per heavy atom. The fraction of sp³-hybridized carbons (Fsp3) is 0.464. The Kier molecular flexibility index (Phi) is 8.11. The van der Waals surface area contributed by atoms with Gasteiger partial charge in [-0.25, -0.2) is 13.4 Å². The number of rotatable bonds is 9. The molecule has 9 nitrogen and oxygen atoms in total. The van der Waals surface area contributed by atoms with Crippen molar-refractivity contribution >= 4 is 38.9 Å². The number of hydrogen-bond donors (Lipinski definition) is 0. The molecule has 3 heterocycles. The molecule has 0 amide bonds. The molecule has 214 valence electrons. The van der Waals surface area contributed by atoms with Crippen LogP contribution < -0.4 is 4.90 Å². The molecule has 0 radical (unpaired) electrons. The number of nitrogens with zero attached hydrogens (tertiary/aromatic N) is 4. The highest BCUT2D eigenvalue weighted by atomic mass is 35.5. The number of piperazine rings is 1. The van der Waals surface area contributed by atoms with Crippen LogP contribution in [0, 0.1) is 0 Å². The van der Waals surface area contributed by atoms with Gasteiger partial charge in [0.25, 0.3) is 0 Å². The first kappa shape index (κ1) is 28.0. The van der Waals surface area contributed by atoms with E-state index in [9.17, 15) is 8.42 Å². The summed E-state index contributed by atoms with van der Waals surface area (Å²) in [6, 6.07) is 13.5. The summed E-state index contributed by atoms with van der Waals surface area (Å²) in [5.74, 6) is -1.09. The van der Waals surface area contributed by atoms with Gasteiger partial charge in [-0.05, 0) is 42.7 Å². The van der Waals surface area contributed by atoms with Crippen LogP contribution in [0.4, 0.5) is 5.69 Å². The van der Waals surface area contributed by atoms with Crippen LogP contribution in [0.2, 0.25) is 10.0 Å². The molecule has 0 N–H and O–H groups in total. The number of benzene rings is 2. The summed E-state index contributed by atoms with van der Waals surface area (Å²) in [4.78, 5) is 6.36. The van der Waals surface area contributed by atoms with Gasteiger partial charge in [0.2, 0.25) is 15.8 Å². The van der Waals surface area contributed by atoms with Crippen LogP contribution in [0.15, 0.2) is 61.2 Å². The maximum Gasteiger partial charge on any atom is 0.217 e. The van der Waals surface area contributed by atoms with Gasteiger partial charge in [-0.15, -0.1) is 0 Å². The van der Waals surface area contributed by atoms with E-state index in [0.717, 1.165) is 24.1 Å². The van der Waals surface area contributed by atoms with Gasteiger partial charge in [0.15, 0.2) is 0 Å². The number of hydrogen-bond acceptors (Lipinski definition) is 7. The van der Waals surface area contributed by atoms with Crippen LogP contribution in [-0.4, -0.2) is 73.0 Å². The Hall–Kier alpha value is -2.18. The third-order valence-electron chi connectivity index (χ3n) is 7.63. The zero-order valence-corrected chi connectivity index (χ0v) is 24.3. The van der Waals surface area contributed by atoms with Crippen LogP contribution in [0.25, 0.3) is 0 Å². The van der Waals surface area contributed by atoms with E-state index in [2.05, 4.69) is 22.0 Å². The Balaban J connectivity index is 1.03. The van der Waals surface area contributed by atoms with Crippen molar-refractivity contribution < 1.29 is 22.6 Å². The minimum absolute atomic E-state index is 0.151. The van der Waals surface area contributed by atoms with Crippen molar-refractivity contribution in [1.82, 2.24) is 13.9 Å².